The lowest BCUT2D eigenvalue weighted by Gasteiger charge is -2.18. The largest absolute Gasteiger partial charge is 0.543 e. The molecule has 0 unspecified atom stereocenters. The van der Waals surface area contributed by atoms with E-state index in [1.54, 1.807) is 20.8 Å². The Balaban J connectivity index is 2.80. The Labute approximate surface area is 119 Å². The first-order chi connectivity index (χ1) is 9.23. The first kappa shape index (κ1) is 15.9. The first-order valence-electron chi connectivity index (χ1n) is 5.51. The van der Waals surface area contributed by atoms with Crippen LogP contribution in [0.5, 0.6) is 0 Å². The molecule has 0 aliphatic heterocycles. The standard InChI is InChI=1S/C11H15N3O5S/c1-11(2,3)19-10(17)13-9-12-6(5-20-9)7(8(15)16)14-18-4/h5H,1-4H3,(H,15,16)(H,12,13,17)/p-1. The Morgan fingerprint density at radius 3 is 2.60 bits per heavy atom. The Morgan fingerprint density at radius 1 is 1.45 bits per heavy atom. The third-order valence-electron chi connectivity index (χ3n) is 1.73. The SMILES string of the molecule is CON=C(C(=O)[O-])c1csc(NC(=O)OC(C)(C)C)n1. The van der Waals surface area contributed by atoms with Crippen molar-refractivity contribution in [1.82, 2.24) is 4.98 Å². The molecule has 1 amide bonds. The second-order valence-electron chi connectivity index (χ2n) is 4.57. The predicted octanol–water partition coefficient (Wildman–Crippen LogP) is 0.591. The summed E-state index contributed by atoms with van der Waals surface area (Å²) in [5.41, 5.74) is -1.07. The summed E-state index contributed by atoms with van der Waals surface area (Å²) in [7, 11) is 1.20. The average Bonchev–Trinajstić information content (AvgIpc) is 2.70. The number of oxime groups is 1. The lowest BCUT2D eigenvalue weighted by molar-refractivity contribution is -0.294. The van der Waals surface area contributed by atoms with Crippen LogP contribution in [-0.4, -0.2) is 35.5 Å². The van der Waals surface area contributed by atoms with Gasteiger partial charge in [-0.2, -0.15) is 0 Å². The number of amides is 1. The fourth-order valence-corrected chi connectivity index (χ4v) is 1.79. The second kappa shape index (κ2) is 6.33. The number of rotatable bonds is 4. The van der Waals surface area contributed by atoms with E-state index >= 15 is 0 Å². The van der Waals surface area contributed by atoms with Gasteiger partial charge in [-0.05, 0) is 20.8 Å². The molecular weight excluding hydrogens is 286 g/mol. The highest BCUT2D eigenvalue weighted by atomic mass is 32.1. The van der Waals surface area contributed by atoms with Crippen LogP contribution in [0.1, 0.15) is 26.5 Å². The van der Waals surface area contributed by atoms with Gasteiger partial charge >= 0.3 is 6.09 Å². The van der Waals surface area contributed by atoms with E-state index in [1.807, 2.05) is 0 Å². The fraction of sp³-hybridized carbons (Fsp3) is 0.455. The van der Waals surface area contributed by atoms with Crippen molar-refractivity contribution in [2.45, 2.75) is 26.4 Å². The molecule has 110 valence electrons. The Hall–Kier alpha value is -2.16. The van der Waals surface area contributed by atoms with Crippen LogP contribution >= 0.6 is 11.3 Å². The summed E-state index contributed by atoms with van der Waals surface area (Å²) < 4.78 is 5.04. The van der Waals surface area contributed by atoms with Gasteiger partial charge in [-0.1, -0.05) is 5.16 Å². The van der Waals surface area contributed by atoms with Gasteiger partial charge in [-0.25, -0.2) is 9.78 Å². The van der Waals surface area contributed by atoms with Gasteiger partial charge in [0.2, 0.25) is 0 Å². The number of nitrogens with zero attached hydrogens (tertiary/aromatic N) is 2. The number of thiazole rings is 1. The number of hydrogen-bond donors (Lipinski definition) is 1. The number of ether oxygens (including phenoxy) is 1. The van der Waals surface area contributed by atoms with Crippen LogP contribution in [0, 0.1) is 0 Å². The maximum absolute atomic E-state index is 11.5. The minimum atomic E-state index is -1.53. The smallest absolute Gasteiger partial charge is 0.413 e. The number of aromatic nitrogens is 1. The summed E-state index contributed by atoms with van der Waals surface area (Å²) in [6, 6.07) is 0. The molecule has 1 rings (SSSR count). The molecular formula is C11H14N3O5S-. The molecule has 0 saturated carbocycles. The minimum absolute atomic E-state index is 0.0305. The van der Waals surface area contributed by atoms with Gasteiger partial charge in [0.25, 0.3) is 0 Å². The van der Waals surface area contributed by atoms with Gasteiger partial charge in [0, 0.05) is 5.38 Å². The van der Waals surface area contributed by atoms with Crippen molar-refractivity contribution >= 4 is 34.2 Å². The average molecular weight is 300 g/mol. The molecule has 0 aromatic carbocycles. The van der Waals surface area contributed by atoms with E-state index in [2.05, 4.69) is 20.3 Å². The molecule has 9 heteroatoms. The lowest BCUT2D eigenvalue weighted by Crippen LogP contribution is -2.32. The zero-order valence-electron chi connectivity index (χ0n) is 11.4. The summed E-state index contributed by atoms with van der Waals surface area (Å²) in [6.45, 7) is 5.16. The van der Waals surface area contributed by atoms with E-state index in [0.717, 1.165) is 11.3 Å². The van der Waals surface area contributed by atoms with E-state index < -0.39 is 23.4 Å². The quantitative estimate of drug-likeness (QED) is 0.643. The molecule has 0 aliphatic carbocycles. The number of carboxylic acid groups (broad SMARTS) is 1. The van der Waals surface area contributed by atoms with Gasteiger partial charge in [-0.15, -0.1) is 11.3 Å². The van der Waals surface area contributed by atoms with Crippen LogP contribution in [0.2, 0.25) is 0 Å². The molecule has 8 nitrogen and oxygen atoms in total. The van der Waals surface area contributed by atoms with Crippen molar-refractivity contribution in [3.63, 3.8) is 0 Å². The molecule has 0 fully saturated rings. The van der Waals surface area contributed by atoms with Crippen LogP contribution < -0.4 is 10.4 Å². The Bertz CT molecular complexity index is 532. The van der Waals surface area contributed by atoms with Crippen LogP contribution in [0.25, 0.3) is 0 Å². The highest BCUT2D eigenvalue weighted by Gasteiger charge is 2.18. The van der Waals surface area contributed by atoms with Gasteiger partial charge in [0.05, 0.1) is 5.97 Å². The Morgan fingerprint density at radius 2 is 2.10 bits per heavy atom. The number of carboxylic acids is 1. The highest BCUT2D eigenvalue weighted by Crippen LogP contribution is 2.17. The lowest BCUT2D eigenvalue weighted by atomic mass is 10.2. The van der Waals surface area contributed by atoms with Crippen LogP contribution in [0.3, 0.4) is 0 Å². The first-order valence-corrected chi connectivity index (χ1v) is 6.39. The molecule has 20 heavy (non-hydrogen) atoms. The molecule has 1 aromatic rings. The van der Waals surface area contributed by atoms with Crippen molar-refractivity contribution in [3.05, 3.63) is 11.1 Å². The molecule has 0 atom stereocenters. The molecule has 0 aliphatic rings. The van der Waals surface area contributed by atoms with Crippen molar-refractivity contribution in [3.8, 4) is 0 Å². The number of anilines is 1. The van der Waals surface area contributed by atoms with Gasteiger partial charge < -0.3 is 19.5 Å². The third-order valence-corrected chi connectivity index (χ3v) is 2.49. The van der Waals surface area contributed by atoms with E-state index in [-0.39, 0.29) is 10.8 Å². The van der Waals surface area contributed by atoms with Gasteiger partial charge in [-0.3, -0.25) is 5.32 Å². The van der Waals surface area contributed by atoms with Gasteiger partial charge in [0.15, 0.2) is 10.8 Å². The molecule has 0 radical (unpaired) electrons. The van der Waals surface area contributed by atoms with Crippen molar-refractivity contribution < 1.29 is 24.3 Å². The van der Waals surface area contributed by atoms with E-state index in [4.69, 9.17) is 4.74 Å². The highest BCUT2D eigenvalue weighted by molar-refractivity contribution is 7.14. The molecule has 1 N–H and O–H groups in total. The number of hydrogen-bond acceptors (Lipinski definition) is 8. The summed E-state index contributed by atoms with van der Waals surface area (Å²) in [4.78, 5) is 30.6. The third kappa shape index (κ3) is 4.84. The molecule has 1 heterocycles. The summed E-state index contributed by atoms with van der Waals surface area (Å²) in [5.74, 6) is -1.53. The van der Waals surface area contributed by atoms with E-state index in [0.29, 0.717) is 0 Å². The fourth-order valence-electron chi connectivity index (χ4n) is 1.11. The monoisotopic (exact) mass is 300 g/mol. The zero-order valence-corrected chi connectivity index (χ0v) is 12.2. The topological polar surface area (TPSA) is 113 Å². The van der Waals surface area contributed by atoms with Crippen molar-refractivity contribution in [2.24, 2.45) is 5.16 Å². The van der Waals surface area contributed by atoms with Crippen LogP contribution in [-0.2, 0) is 14.4 Å². The number of nitrogens with one attached hydrogen (secondary N) is 1. The zero-order chi connectivity index (χ0) is 15.3. The van der Waals surface area contributed by atoms with Crippen LogP contribution in [0.15, 0.2) is 10.5 Å². The molecule has 0 saturated heterocycles. The van der Waals surface area contributed by atoms with Crippen molar-refractivity contribution in [1.29, 1.82) is 0 Å². The number of carbonyl (C=O) groups is 2. The predicted molar refractivity (Wildman–Crippen MR) is 70.5 cm³/mol. The summed E-state index contributed by atoms with van der Waals surface area (Å²) in [5, 5.41) is 18.1. The van der Waals surface area contributed by atoms with E-state index in [9.17, 15) is 14.7 Å². The van der Waals surface area contributed by atoms with E-state index in [1.165, 1.54) is 12.5 Å². The maximum Gasteiger partial charge on any atom is 0.413 e. The number of aliphatic carboxylic acids is 1. The summed E-state index contributed by atoms with van der Waals surface area (Å²) in [6.07, 6.45) is -0.683. The maximum atomic E-state index is 11.5. The summed E-state index contributed by atoms with van der Waals surface area (Å²) >= 11 is 1.02. The molecule has 0 bridgehead atoms. The Kier molecular flexibility index (Phi) is 5.03. The van der Waals surface area contributed by atoms with Crippen molar-refractivity contribution in [2.75, 3.05) is 12.4 Å². The molecule has 0 spiro atoms. The minimum Gasteiger partial charge on any atom is -0.543 e. The normalized spacial score (nSPS) is 11.9. The van der Waals surface area contributed by atoms with Crippen LogP contribution in [0.4, 0.5) is 9.93 Å². The second-order valence-corrected chi connectivity index (χ2v) is 5.43. The number of carbonyl (C=O) groups excluding carboxylic acids is 2. The van der Waals surface area contributed by atoms with Gasteiger partial charge in [0.1, 0.15) is 18.4 Å². The molecule has 1 aromatic heterocycles.